The monoisotopic (exact) mass is 425 g/mol. The van der Waals surface area contributed by atoms with Crippen LogP contribution in [0, 0.1) is 0 Å². The van der Waals surface area contributed by atoms with E-state index >= 15 is 0 Å². The Balaban J connectivity index is 2.00. The molecule has 4 nitrogen and oxygen atoms in total. The average Bonchev–Trinajstić information content (AvgIpc) is 2.87. The number of halogens is 2. The third-order valence-electron chi connectivity index (χ3n) is 3.62. The van der Waals surface area contributed by atoms with E-state index in [1.807, 2.05) is 0 Å². The first-order valence-electron chi connectivity index (χ1n) is 7.39. The average molecular weight is 426 g/mol. The maximum absolute atomic E-state index is 12.9. The molecule has 1 amide bonds. The van der Waals surface area contributed by atoms with Gasteiger partial charge in [0.15, 0.2) is 4.32 Å². The van der Waals surface area contributed by atoms with Gasteiger partial charge in [-0.3, -0.25) is 9.69 Å². The molecule has 1 aliphatic rings. The summed E-state index contributed by atoms with van der Waals surface area (Å²) in [5.41, 5.74) is 1.25. The number of rotatable bonds is 4. The summed E-state index contributed by atoms with van der Waals surface area (Å²) in [4.78, 5) is 14.8. The highest BCUT2D eigenvalue weighted by molar-refractivity contribution is 8.27. The molecule has 0 unspecified atom stereocenters. The van der Waals surface area contributed by atoms with E-state index in [0.717, 1.165) is 5.56 Å². The van der Waals surface area contributed by atoms with Gasteiger partial charge in [-0.15, -0.1) is 0 Å². The Bertz CT molecular complexity index is 910. The van der Waals surface area contributed by atoms with Crippen LogP contribution in [0.4, 0.5) is 5.69 Å². The quantitative estimate of drug-likeness (QED) is 0.483. The summed E-state index contributed by atoms with van der Waals surface area (Å²) in [5.74, 6) is 1.04. The Hall–Kier alpha value is -1.73. The Morgan fingerprint density at radius 1 is 1.08 bits per heavy atom. The lowest BCUT2D eigenvalue weighted by atomic mass is 10.1. The van der Waals surface area contributed by atoms with Crippen molar-refractivity contribution in [2.75, 3.05) is 19.1 Å². The lowest BCUT2D eigenvalue weighted by molar-refractivity contribution is -0.113. The minimum Gasteiger partial charge on any atom is -0.497 e. The first-order valence-corrected chi connectivity index (χ1v) is 9.37. The Morgan fingerprint density at radius 3 is 2.38 bits per heavy atom. The maximum Gasteiger partial charge on any atom is 0.270 e. The predicted molar refractivity (Wildman–Crippen MR) is 112 cm³/mol. The summed E-state index contributed by atoms with van der Waals surface area (Å²) < 4.78 is 11.0. The van der Waals surface area contributed by atoms with Gasteiger partial charge in [0.05, 0.1) is 24.8 Å². The number of methoxy groups -OCH3 is 2. The molecule has 134 valence electrons. The lowest BCUT2D eigenvalue weighted by Crippen LogP contribution is -2.27. The van der Waals surface area contributed by atoms with Gasteiger partial charge in [0.25, 0.3) is 5.91 Å². The summed E-state index contributed by atoms with van der Waals surface area (Å²) in [6.07, 6.45) is 1.73. The molecule has 0 spiro atoms. The highest BCUT2D eigenvalue weighted by Gasteiger charge is 2.33. The molecule has 0 radical (unpaired) electrons. The maximum atomic E-state index is 12.9. The fourth-order valence-corrected chi connectivity index (χ4v) is 4.26. The van der Waals surface area contributed by atoms with Crippen molar-refractivity contribution in [1.82, 2.24) is 0 Å². The number of anilines is 1. The van der Waals surface area contributed by atoms with E-state index in [1.54, 1.807) is 56.7 Å². The van der Waals surface area contributed by atoms with Gasteiger partial charge in [0.2, 0.25) is 0 Å². The second kappa shape index (κ2) is 7.88. The molecule has 0 atom stereocenters. The van der Waals surface area contributed by atoms with Crippen LogP contribution >= 0.6 is 47.2 Å². The molecule has 0 aliphatic carbocycles. The molecule has 2 aromatic rings. The molecule has 3 rings (SSSR count). The largest absolute Gasteiger partial charge is 0.497 e. The molecule has 26 heavy (non-hydrogen) atoms. The number of amides is 1. The van der Waals surface area contributed by atoms with Crippen LogP contribution in [0.3, 0.4) is 0 Å². The number of thiocarbonyl (C=S) groups is 1. The first-order chi connectivity index (χ1) is 12.4. The second-order valence-corrected chi connectivity index (χ2v) is 7.80. The number of nitrogens with zero attached hydrogens (tertiary/aromatic N) is 1. The normalized spacial score (nSPS) is 15.7. The highest BCUT2D eigenvalue weighted by Crippen LogP contribution is 2.39. The van der Waals surface area contributed by atoms with Gasteiger partial charge in [-0.05, 0) is 42.5 Å². The van der Waals surface area contributed by atoms with Crippen molar-refractivity contribution in [3.63, 3.8) is 0 Å². The second-order valence-electron chi connectivity index (χ2n) is 5.25. The van der Waals surface area contributed by atoms with Gasteiger partial charge < -0.3 is 9.47 Å². The van der Waals surface area contributed by atoms with Gasteiger partial charge >= 0.3 is 0 Å². The molecule has 1 aliphatic heterocycles. The molecule has 0 bridgehead atoms. The molecule has 1 heterocycles. The van der Waals surface area contributed by atoms with Gasteiger partial charge in [-0.25, -0.2) is 0 Å². The standard InChI is InChI=1S/C18H13Cl2NO3S2/c1-23-14-3-4-15(24-2)10(5-14)6-16-17(22)21(18(25)26-16)13-8-11(19)7-12(20)9-13/h3-9H,1-2H3/b16-6-. The Morgan fingerprint density at radius 2 is 1.77 bits per heavy atom. The van der Waals surface area contributed by atoms with E-state index in [0.29, 0.717) is 36.5 Å². The minimum atomic E-state index is -0.247. The summed E-state index contributed by atoms with van der Waals surface area (Å²) in [6.45, 7) is 0. The number of benzene rings is 2. The van der Waals surface area contributed by atoms with E-state index < -0.39 is 0 Å². The van der Waals surface area contributed by atoms with Gasteiger partial charge in [-0.1, -0.05) is 47.2 Å². The summed E-state index contributed by atoms with van der Waals surface area (Å²) in [7, 11) is 3.15. The zero-order valence-corrected chi connectivity index (χ0v) is 16.9. The van der Waals surface area contributed by atoms with Crippen LogP contribution < -0.4 is 14.4 Å². The number of thioether (sulfide) groups is 1. The SMILES string of the molecule is COc1ccc(OC)c(/C=C2\SC(=S)N(c3cc(Cl)cc(Cl)c3)C2=O)c1. The van der Waals surface area contributed by atoms with Crippen LogP contribution in [-0.2, 0) is 4.79 Å². The van der Waals surface area contributed by atoms with Crippen LogP contribution in [0.25, 0.3) is 6.08 Å². The van der Waals surface area contributed by atoms with Crippen molar-refractivity contribution in [2.45, 2.75) is 0 Å². The van der Waals surface area contributed by atoms with E-state index in [4.69, 9.17) is 44.9 Å². The zero-order chi connectivity index (χ0) is 18.8. The Kier molecular flexibility index (Phi) is 5.77. The number of hydrogen-bond acceptors (Lipinski definition) is 5. The lowest BCUT2D eigenvalue weighted by Gasteiger charge is -2.15. The van der Waals surface area contributed by atoms with Crippen LogP contribution in [0.1, 0.15) is 5.56 Å². The third-order valence-corrected chi connectivity index (χ3v) is 5.36. The number of carbonyl (C=O) groups excluding carboxylic acids is 1. The molecular formula is C18H13Cl2NO3S2. The molecular weight excluding hydrogens is 413 g/mol. The molecule has 8 heteroatoms. The van der Waals surface area contributed by atoms with Crippen LogP contribution in [0.5, 0.6) is 11.5 Å². The fourth-order valence-electron chi connectivity index (χ4n) is 2.45. The zero-order valence-electron chi connectivity index (χ0n) is 13.8. The van der Waals surface area contributed by atoms with Crippen LogP contribution in [0.2, 0.25) is 10.0 Å². The Labute approximate surface area is 170 Å². The smallest absolute Gasteiger partial charge is 0.270 e. The van der Waals surface area contributed by atoms with E-state index in [1.165, 1.54) is 16.7 Å². The molecule has 0 N–H and O–H groups in total. The van der Waals surface area contributed by atoms with E-state index in [2.05, 4.69) is 0 Å². The highest BCUT2D eigenvalue weighted by atomic mass is 35.5. The fraction of sp³-hybridized carbons (Fsp3) is 0.111. The molecule has 0 aromatic heterocycles. The van der Waals surface area contributed by atoms with Crippen LogP contribution in [-0.4, -0.2) is 24.4 Å². The topological polar surface area (TPSA) is 38.8 Å². The summed E-state index contributed by atoms with van der Waals surface area (Å²) in [6, 6.07) is 10.3. The number of hydrogen-bond donors (Lipinski definition) is 0. The van der Waals surface area contributed by atoms with Gasteiger partial charge in [0.1, 0.15) is 11.5 Å². The van der Waals surface area contributed by atoms with Crippen molar-refractivity contribution < 1.29 is 14.3 Å². The molecule has 1 saturated heterocycles. The first kappa shape index (κ1) is 19.0. The number of carbonyl (C=O) groups is 1. The predicted octanol–water partition coefficient (Wildman–Crippen LogP) is 5.42. The third kappa shape index (κ3) is 3.83. The summed E-state index contributed by atoms with van der Waals surface area (Å²) >= 11 is 18.7. The molecule has 0 saturated carbocycles. The van der Waals surface area contributed by atoms with Crippen LogP contribution in [0.15, 0.2) is 41.3 Å². The number of ether oxygens (including phenoxy) is 2. The summed E-state index contributed by atoms with van der Waals surface area (Å²) in [5, 5.41) is 0.861. The molecule has 2 aromatic carbocycles. The van der Waals surface area contributed by atoms with Crippen molar-refractivity contribution >= 4 is 69.2 Å². The van der Waals surface area contributed by atoms with Crippen molar-refractivity contribution in [1.29, 1.82) is 0 Å². The van der Waals surface area contributed by atoms with Crippen molar-refractivity contribution in [3.8, 4) is 11.5 Å². The minimum absolute atomic E-state index is 0.247. The van der Waals surface area contributed by atoms with Gasteiger partial charge in [0, 0.05) is 15.6 Å². The molecule has 1 fully saturated rings. The van der Waals surface area contributed by atoms with Crippen molar-refractivity contribution in [3.05, 3.63) is 56.9 Å². The van der Waals surface area contributed by atoms with E-state index in [9.17, 15) is 4.79 Å². The van der Waals surface area contributed by atoms with Crippen molar-refractivity contribution in [2.24, 2.45) is 0 Å². The van der Waals surface area contributed by atoms with Gasteiger partial charge in [-0.2, -0.15) is 0 Å². The van der Waals surface area contributed by atoms with E-state index in [-0.39, 0.29) is 5.91 Å².